The summed E-state index contributed by atoms with van der Waals surface area (Å²) in [5, 5.41) is 0. The van der Waals surface area contributed by atoms with Gasteiger partial charge in [0, 0.05) is 20.2 Å². The molecule has 1 saturated heterocycles. The number of methoxy groups -OCH3 is 1. The van der Waals surface area contributed by atoms with Crippen molar-refractivity contribution < 1.29 is 9.53 Å². The standard InChI is InChI=1S/C7H15N3O2/c1-5(12-2)7(11)10-3-6(4-10)9-8/h5-6,9H,3-4,8H2,1-2H3. The zero-order valence-corrected chi connectivity index (χ0v) is 7.41. The van der Waals surface area contributed by atoms with E-state index in [-0.39, 0.29) is 18.1 Å². The minimum Gasteiger partial charge on any atom is -0.372 e. The molecule has 1 heterocycles. The molecule has 0 saturated carbocycles. The average Bonchev–Trinajstić information content (AvgIpc) is 2.01. The highest BCUT2D eigenvalue weighted by molar-refractivity contribution is 5.81. The number of rotatable bonds is 3. The van der Waals surface area contributed by atoms with Crippen LogP contribution >= 0.6 is 0 Å². The molecule has 5 heteroatoms. The van der Waals surface area contributed by atoms with Crippen LogP contribution in [0.3, 0.4) is 0 Å². The monoisotopic (exact) mass is 173 g/mol. The summed E-state index contributed by atoms with van der Waals surface area (Å²) in [5.74, 6) is 5.22. The Hall–Kier alpha value is -0.650. The van der Waals surface area contributed by atoms with Gasteiger partial charge in [0.1, 0.15) is 6.10 Å². The quantitative estimate of drug-likeness (QED) is 0.411. The van der Waals surface area contributed by atoms with Crippen molar-refractivity contribution in [1.29, 1.82) is 0 Å². The van der Waals surface area contributed by atoms with E-state index < -0.39 is 0 Å². The maximum atomic E-state index is 11.4. The lowest BCUT2D eigenvalue weighted by Crippen LogP contribution is -2.63. The molecule has 12 heavy (non-hydrogen) atoms. The molecule has 1 rings (SSSR count). The molecule has 1 aliphatic rings. The van der Waals surface area contributed by atoms with Gasteiger partial charge in [0.25, 0.3) is 5.91 Å². The molecule has 0 aromatic heterocycles. The van der Waals surface area contributed by atoms with E-state index in [9.17, 15) is 4.79 Å². The number of likely N-dealkylation sites (tertiary alicyclic amines) is 1. The van der Waals surface area contributed by atoms with Gasteiger partial charge < -0.3 is 9.64 Å². The number of hydrogen-bond acceptors (Lipinski definition) is 4. The number of carbonyl (C=O) groups excluding carboxylic acids is 1. The van der Waals surface area contributed by atoms with Gasteiger partial charge in [-0.2, -0.15) is 0 Å². The fraction of sp³-hybridized carbons (Fsp3) is 0.857. The number of nitrogens with two attached hydrogens (primary N) is 1. The molecule has 0 spiro atoms. The first-order valence-electron chi connectivity index (χ1n) is 3.96. The second-order valence-electron chi connectivity index (χ2n) is 2.98. The number of nitrogens with zero attached hydrogens (tertiary/aromatic N) is 1. The van der Waals surface area contributed by atoms with E-state index in [4.69, 9.17) is 10.6 Å². The van der Waals surface area contributed by atoms with Gasteiger partial charge in [-0.15, -0.1) is 0 Å². The summed E-state index contributed by atoms with van der Waals surface area (Å²) in [6.07, 6.45) is -0.344. The summed E-state index contributed by atoms with van der Waals surface area (Å²) in [6, 6.07) is 0.248. The first-order valence-corrected chi connectivity index (χ1v) is 3.96. The van der Waals surface area contributed by atoms with Crippen molar-refractivity contribution in [3.8, 4) is 0 Å². The van der Waals surface area contributed by atoms with Crippen molar-refractivity contribution in [2.45, 2.75) is 19.1 Å². The van der Waals surface area contributed by atoms with Crippen LogP contribution in [0.4, 0.5) is 0 Å². The molecule has 0 bridgehead atoms. The van der Waals surface area contributed by atoms with Crippen LogP contribution in [0, 0.1) is 0 Å². The van der Waals surface area contributed by atoms with Crippen molar-refractivity contribution in [2.24, 2.45) is 5.84 Å². The molecule has 1 unspecified atom stereocenters. The number of nitrogens with one attached hydrogen (secondary N) is 1. The second-order valence-corrected chi connectivity index (χ2v) is 2.98. The van der Waals surface area contributed by atoms with Crippen LogP contribution in [0.15, 0.2) is 0 Å². The van der Waals surface area contributed by atoms with E-state index in [1.807, 2.05) is 0 Å². The van der Waals surface area contributed by atoms with Crippen molar-refractivity contribution >= 4 is 5.91 Å². The van der Waals surface area contributed by atoms with Crippen molar-refractivity contribution in [3.05, 3.63) is 0 Å². The predicted molar refractivity (Wildman–Crippen MR) is 44.2 cm³/mol. The van der Waals surface area contributed by atoms with Crippen molar-refractivity contribution in [1.82, 2.24) is 10.3 Å². The molecule has 5 nitrogen and oxygen atoms in total. The normalized spacial score (nSPS) is 20.4. The van der Waals surface area contributed by atoms with Gasteiger partial charge in [0.2, 0.25) is 0 Å². The van der Waals surface area contributed by atoms with Gasteiger partial charge in [-0.3, -0.25) is 16.1 Å². The molecule has 1 aliphatic heterocycles. The molecule has 0 aromatic rings. The van der Waals surface area contributed by atoms with E-state index in [2.05, 4.69) is 5.43 Å². The van der Waals surface area contributed by atoms with Crippen LogP contribution in [-0.2, 0) is 9.53 Å². The third-order valence-electron chi connectivity index (χ3n) is 2.13. The summed E-state index contributed by atoms with van der Waals surface area (Å²) in [4.78, 5) is 13.1. The summed E-state index contributed by atoms with van der Waals surface area (Å²) in [5.41, 5.74) is 2.61. The molecule has 1 fully saturated rings. The first kappa shape index (κ1) is 9.44. The van der Waals surface area contributed by atoms with E-state index in [0.29, 0.717) is 13.1 Å². The Morgan fingerprint density at radius 3 is 2.75 bits per heavy atom. The number of hydrazine groups is 1. The highest BCUT2D eigenvalue weighted by Gasteiger charge is 2.31. The number of hydrogen-bond donors (Lipinski definition) is 2. The molecule has 0 radical (unpaired) electrons. The number of carbonyl (C=O) groups is 1. The van der Waals surface area contributed by atoms with Crippen molar-refractivity contribution in [2.75, 3.05) is 20.2 Å². The van der Waals surface area contributed by atoms with Crippen LogP contribution in [0.2, 0.25) is 0 Å². The van der Waals surface area contributed by atoms with Crippen LogP contribution in [0.25, 0.3) is 0 Å². The third-order valence-corrected chi connectivity index (χ3v) is 2.13. The lowest BCUT2D eigenvalue weighted by Gasteiger charge is -2.39. The number of amides is 1. The Kier molecular flexibility index (Phi) is 3.02. The van der Waals surface area contributed by atoms with Crippen LogP contribution < -0.4 is 11.3 Å². The molecule has 0 aromatic carbocycles. The molecular formula is C7H15N3O2. The van der Waals surface area contributed by atoms with Crippen LogP contribution in [-0.4, -0.2) is 43.2 Å². The molecular weight excluding hydrogens is 158 g/mol. The highest BCUT2D eigenvalue weighted by atomic mass is 16.5. The minimum absolute atomic E-state index is 0.0315. The smallest absolute Gasteiger partial charge is 0.251 e. The molecule has 1 atom stereocenters. The predicted octanol–water partition coefficient (Wildman–Crippen LogP) is -1.30. The molecule has 3 N–H and O–H groups in total. The molecule has 70 valence electrons. The summed E-state index contributed by atoms with van der Waals surface area (Å²) >= 11 is 0. The zero-order chi connectivity index (χ0) is 9.14. The summed E-state index contributed by atoms with van der Waals surface area (Å²) in [6.45, 7) is 3.11. The van der Waals surface area contributed by atoms with Gasteiger partial charge >= 0.3 is 0 Å². The molecule has 0 aliphatic carbocycles. The van der Waals surface area contributed by atoms with Gasteiger partial charge in [0.05, 0.1) is 6.04 Å². The van der Waals surface area contributed by atoms with E-state index >= 15 is 0 Å². The van der Waals surface area contributed by atoms with Gasteiger partial charge in [0.15, 0.2) is 0 Å². The van der Waals surface area contributed by atoms with Gasteiger partial charge in [-0.05, 0) is 6.92 Å². The minimum atomic E-state index is -0.344. The fourth-order valence-corrected chi connectivity index (χ4v) is 1.12. The zero-order valence-electron chi connectivity index (χ0n) is 7.41. The van der Waals surface area contributed by atoms with Gasteiger partial charge in [-0.25, -0.2) is 0 Å². The summed E-state index contributed by atoms with van der Waals surface area (Å²) < 4.78 is 4.89. The van der Waals surface area contributed by atoms with E-state index in [1.54, 1.807) is 11.8 Å². The lowest BCUT2D eigenvalue weighted by atomic mass is 10.1. The van der Waals surface area contributed by atoms with Gasteiger partial charge in [-0.1, -0.05) is 0 Å². The number of ether oxygens (including phenoxy) is 1. The van der Waals surface area contributed by atoms with Crippen LogP contribution in [0.1, 0.15) is 6.92 Å². The largest absolute Gasteiger partial charge is 0.372 e. The Labute approximate surface area is 71.8 Å². The van der Waals surface area contributed by atoms with Crippen LogP contribution in [0.5, 0.6) is 0 Å². The van der Waals surface area contributed by atoms with E-state index in [1.165, 1.54) is 7.11 Å². The Morgan fingerprint density at radius 1 is 1.75 bits per heavy atom. The topological polar surface area (TPSA) is 67.6 Å². The second kappa shape index (κ2) is 3.84. The summed E-state index contributed by atoms with van der Waals surface area (Å²) in [7, 11) is 1.53. The first-order chi connectivity index (χ1) is 5.69. The third kappa shape index (κ3) is 1.74. The molecule has 1 amide bonds. The highest BCUT2D eigenvalue weighted by Crippen LogP contribution is 2.09. The Morgan fingerprint density at radius 2 is 2.33 bits per heavy atom. The van der Waals surface area contributed by atoms with E-state index in [0.717, 1.165) is 0 Å². The Bertz CT molecular complexity index is 168. The lowest BCUT2D eigenvalue weighted by molar-refractivity contribution is -0.145. The fourth-order valence-electron chi connectivity index (χ4n) is 1.12. The Balaban J connectivity index is 2.28. The average molecular weight is 173 g/mol. The maximum Gasteiger partial charge on any atom is 0.251 e. The maximum absolute atomic E-state index is 11.4. The van der Waals surface area contributed by atoms with Crippen molar-refractivity contribution in [3.63, 3.8) is 0 Å². The SMILES string of the molecule is COC(C)C(=O)N1CC(NN)C1.